The van der Waals surface area contributed by atoms with Gasteiger partial charge in [-0.15, -0.1) is 11.3 Å². The summed E-state index contributed by atoms with van der Waals surface area (Å²) in [6.07, 6.45) is 0. The summed E-state index contributed by atoms with van der Waals surface area (Å²) >= 11 is 1.51. The molecule has 0 spiro atoms. The van der Waals surface area contributed by atoms with E-state index in [-0.39, 0.29) is 18.0 Å². The van der Waals surface area contributed by atoms with Gasteiger partial charge in [-0.25, -0.2) is 4.98 Å². The summed E-state index contributed by atoms with van der Waals surface area (Å²) < 4.78 is 1.41. The lowest BCUT2D eigenvalue weighted by molar-refractivity contribution is -0.121. The SMILES string of the molecule is Cc1sc2nc(C)n(CC(=O)NCCN)c(=O)c2c1C. The van der Waals surface area contributed by atoms with Crippen molar-refractivity contribution in [2.24, 2.45) is 5.73 Å². The molecule has 0 atom stereocenters. The van der Waals surface area contributed by atoms with E-state index < -0.39 is 0 Å². The lowest BCUT2D eigenvalue weighted by atomic mass is 10.2. The molecule has 7 heteroatoms. The van der Waals surface area contributed by atoms with Gasteiger partial charge in [0, 0.05) is 18.0 Å². The number of carbonyl (C=O) groups is 1. The van der Waals surface area contributed by atoms with Crippen molar-refractivity contribution in [2.75, 3.05) is 13.1 Å². The number of nitrogens with two attached hydrogens (primary N) is 1. The van der Waals surface area contributed by atoms with Gasteiger partial charge in [0.05, 0.1) is 5.39 Å². The summed E-state index contributed by atoms with van der Waals surface area (Å²) in [5, 5.41) is 3.27. The zero-order valence-electron chi connectivity index (χ0n) is 11.8. The van der Waals surface area contributed by atoms with Gasteiger partial charge in [0.25, 0.3) is 5.56 Å². The van der Waals surface area contributed by atoms with Gasteiger partial charge in [0.15, 0.2) is 0 Å². The van der Waals surface area contributed by atoms with E-state index in [1.165, 1.54) is 15.9 Å². The summed E-state index contributed by atoms with van der Waals surface area (Å²) in [5.41, 5.74) is 6.12. The second-order valence-corrected chi connectivity index (χ2v) is 5.86. The lowest BCUT2D eigenvalue weighted by Gasteiger charge is -2.09. The molecular weight excluding hydrogens is 276 g/mol. The smallest absolute Gasteiger partial charge is 0.263 e. The minimum atomic E-state index is -0.230. The van der Waals surface area contributed by atoms with E-state index in [9.17, 15) is 9.59 Å². The number of carbonyl (C=O) groups excluding carboxylic acids is 1. The van der Waals surface area contributed by atoms with E-state index in [4.69, 9.17) is 5.73 Å². The number of hydrogen-bond acceptors (Lipinski definition) is 5. The van der Waals surface area contributed by atoms with Crippen LogP contribution in [0, 0.1) is 20.8 Å². The van der Waals surface area contributed by atoms with E-state index in [2.05, 4.69) is 10.3 Å². The zero-order chi connectivity index (χ0) is 14.9. The van der Waals surface area contributed by atoms with E-state index in [1.54, 1.807) is 6.92 Å². The fourth-order valence-corrected chi connectivity index (χ4v) is 3.09. The van der Waals surface area contributed by atoms with Crippen molar-refractivity contribution in [3.05, 3.63) is 26.6 Å². The first-order valence-electron chi connectivity index (χ1n) is 6.39. The van der Waals surface area contributed by atoms with Gasteiger partial charge in [-0.1, -0.05) is 0 Å². The molecule has 0 radical (unpaired) electrons. The van der Waals surface area contributed by atoms with Gasteiger partial charge in [0.2, 0.25) is 5.91 Å². The van der Waals surface area contributed by atoms with E-state index in [1.807, 2.05) is 13.8 Å². The highest BCUT2D eigenvalue weighted by molar-refractivity contribution is 7.18. The van der Waals surface area contributed by atoms with Crippen LogP contribution in [0.4, 0.5) is 0 Å². The number of aromatic nitrogens is 2. The number of nitrogens with zero attached hydrogens (tertiary/aromatic N) is 2. The maximum absolute atomic E-state index is 12.5. The molecule has 1 amide bonds. The Hall–Kier alpha value is -1.73. The second kappa shape index (κ2) is 5.72. The van der Waals surface area contributed by atoms with Crippen molar-refractivity contribution in [3.63, 3.8) is 0 Å². The van der Waals surface area contributed by atoms with E-state index in [0.29, 0.717) is 24.3 Å². The molecule has 0 bridgehead atoms. The minimum absolute atomic E-state index is 0.0259. The molecule has 108 valence electrons. The maximum Gasteiger partial charge on any atom is 0.263 e. The summed E-state index contributed by atoms with van der Waals surface area (Å²) in [7, 11) is 0. The van der Waals surface area contributed by atoms with Crippen molar-refractivity contribution in [1.29, 1.82) is 0 Å². The van der Waals surface area contributed by atoms with Crippen LogP contribution in [0.25, 0.3) is 10.2 Å². The molecular formula is C13H18N4O2S. The highest BCUT2D eigenvalue weighted by Crippen LogP contribution is 2.26. The van der Waals surface area contributed by atoms with Crippen LogP contribution in [0.2, 0.25) is 0 Å². The number of fused-ring (bicyclic) bond motifs is 1. The van der Waals surface area contributed by atoms with Crippen LogP contribution in [0.1, 0.15) is 16.3 Å². The lowest BCUT2D eigenvalue weighted by Crippen LogP contribution is -2.36. The molecule has 0 aromatic carbocycles. The first-order chi connectivity index (χ1) is 9.45. The van der Waals surface area contributed by atoms with Gasteiger partial charge in [-0.3, -0.25) is 14.2 Å². The Morgan fingerprint density at radius 1 is 1.40 bits per heavy atom. The average molecular weight is 294 g/mol. The Labute approximate surface area is 120 Å². The van der Waals surface area contributed by atoms with Gasteiger partial charge in [-0.05, 0) is 26.3 Å². The predicted octanol–water partition coefficient (Wildman–Crippen LogP) is 0.458. The maximum atomic E-state index is 12.5. The summed E-state index contributed by atoms with van der Waals surface area (Å²) in [6.45, 7) is 6.36. The molecule has 2 rings (SSSR count). The van der Waals surface area contributed by atoms with Crippen LogP contribution >= 0.6 is 11.3 Å². The average Bonchev–Trinajstić information content (AvgIpc) is 2.67. The molecule has 6 nitrogen and oxygen atoms in total. The van der Waals surface area contributed by atoms with Crippen LogP contribution in [-0.2, 0) is 11.3 Å². The summed E-state index contributed by atoms with van der Waals surface area (Å²) in [5.74, 6) is 0.318. The third kappa shape index (κ3) is 2.59. The van der Waals surface area contributed by atoms with Gasteiger partial charge in [-0.2, -0.15) is 0 Å². The van der Waals surface area contributed by atoms with Crippen molar-refractivity contribution >= 4 is 27.5 Å². The van der Waals surface area contributed by atoms with Crippen molar-refractivity contribution in [3.8, 4) is 0 Å². The van der Waals surface area contributed by atoms with Gasteiger partial charge >= 0.3 is 0 Å². The van der Waals surface area contributed by atoms with Gasteiger partial charge < -0.3 is 11.1 Å². The Morgan fingerprint density at radius 3 is 2.75 bits per heavy atom. The largest absolute Gasteiger partial charge is 0.353 e. The molecule has 0 fully saturated rings. The highest BCUT2D eigenvalue weighted by Gasteiger charge is 2.15. The first kappa shape index (κ1) is 14.7. The zero-order valence-corrected chi connectivity index (χ0v) is 12.6. The second-order valence-electron chi connectivity index (χ2n) is 4.65. The standard InChI is InChI=1S/C13H18N4O2S/c1-7-8(2)20-12-11(7)13(19)17(9(3)16-12)6-10(18)15-5-4-14/h4-6,14H2,1-3H3,(H,15,18). The molecule has 2 heterocycles. The molecule has 2 aromatic heterocycles. The first-order valence-corrected chi connectivity index (χ1v) is 7.21. The number of nitrogens with one attached hydrogen (secondary N) is 1. The quantitative estimate of drug-likeness (QED) is 0.857. The normalized spacial score (nSPS) is 11.0. The molecule has 0 saturated heterocycles. The highest BCUT2D eigenvalue weighted by atomic mass is 32.1. The molecule has 0 aliphatic rings. The van der Waals surface area contributed by atoms with E-state index >= 15 is 0 Å². The van der Waals surface area contributed by atoms with Gasteiger partial charge in [0.1, 0.15) is 17.2 Å². The molecule has 0 saturated carbocycles. The summed E-state index contributed by atoms with van der Waals surface area (Å²) in [4.78, 5) is 30.5. The Bertz CT molecular complexity index is 717. The number of rotatable bonds is 4. The van der Waals surface area contributed by atoms with Crippen molar-refractivity contribution in [2.45, 2.75) is 27.3 Å². The number of aryl methyl sites for hydroxylation is 3. The van der Waals surface area contributed by atoms with Crippen LogP contribution in [0.15, 0.2) is 4.79 Å². The predicted molar refractivity (Wildman–Crippen MR) is 80.2 cm³/mol. The molecule has 3 N–H and O–H groups in total. The topological polar surface area (TPSA) is 90.0 Å². The molecule has 0 aliphatic heterocycles. The fourth-order valence-electron chi connectivity index (χ4n) is 2.03. The third-order valence-corrected chi connectivity index (χ3v) is 4.35. The minimum Gasteiger partial charge on any atom is -0.353 e. The number of hydrogen-bond donors (Lipinski definition) is 2. The van der Waals surface area contributed by atoms with E-state index in [0.717, 1.165) is 15.3 Å². The van der Waals surface area contributed by atoms with Crippen LogP contribution in [-0.4, -0.2) is 28.5 Å². The van der Waals surface area contributed by atoms with Crippen molar-refractivity contribution in [1.82, 2.24) is 14.9 Å². The monoisotopic (exact) mass is 294 g/mol. The Kier molecular flexibility index (Phi) is 4.20. The third-order valence-electron chi connectivity index (χ3n) is 3.25. The van der Waals surface area contributed by atoms with Crippen LogP contribution < -0.4 is 16.6 Å². The molecule has 0 aliphatic carbocycles. The number of thiophene rings is 1. The van der Waals surface area contributed by atoms with Crippen molar-refractivity contribution < 1.29 is 4.79 Å². The summed E-state index contributed by atoms with van der Waals surface area (Å²) in [6, 6.07) is 0. The number of amides is 1. The molecule has 2 aromatic rings. The molecule has 0 unspecified atom stereocenters. The molecule has 20 heavy (non-hydrogen) atoms. The fraction of sp³-hybridized carbons (Fsp3) is 0.462. The Balaban J connectivity index is 2.46. The van der Waals surface area contributed by atoms with Crippen LogP contribution in [0.5, 0.6) is 0 Å². The van der Waals surface area contributed by atoms with Crippen LogP contribution in [0.3, 0.4) is 0 Å². The Morgan fingerprint density at radius 2 is 2.10 bits per heavy atom.